The van der Waals surface area contributed by atoms with Crippen molar-refractivity contribution >= 4 is 17.2 Å². The molecule has 0 spiro atoms. The summed E-state index contributed by atoms with van der Waals surface area (Å²) in [7, 11) is 3.20. The number of hydrogen-bond donors (Lipinski definition) is 3. The van der Waals surface area contributed by atoms with Gasteiger partial charge in [0, 0.05) is 35.6 Å². The van der Waals surface area contributed by atoms with Crippen molar-refractivity contribution in [2.75, 3.05) is 25.2 Å². The van der Waals surface area contributed by atoms with Gasteiger partial charge >= 0.3 is 0 Å². The van der Waals surface area contributed by atoms with Crippen molar-refractivity contribution in [3.05, 3.63) is 53.3 Å². The molecule has 1 aliphatic heterocycles. The number of anilines is 2. The van der Waals surface area contributed by atoms with E-state index < -0.39 is 5.66 Å². The predicted octanol–water partition coefficient (Wildman–Crippen LogP) is 2.68. The van der Waals surface area contributed by atoms with Crippen LogP contribution in [0.15, 0.2) is 41.4 Å². The van der Waals surface area contributed by atoms with Crippen molar-refractivity contribution in [1.29, 1.82) is 0 Å². The van der Waals surface area contributed by atoms with Crippen molar-refractivity contribution in [1.82, 2.24) is 5.32 Å². The number of nitrogens with two attached hydrogens (primary N) is 1. The van der Waals surface area contributed by atoms with E-state index in [1.165, 1.54) is 13.2 Å². The third-order valence-electron chi connectivity index (χ3n) is 3.99. The van der Waals surface area contributed by atoms with Crippen LogP contribution in [0.3, 0.4) is 0 Å². The van der Waals surface area contributed by atoms with Gasteiger partial charge in [0.2, 0.25) is 0 Å². The topological polar surface area (TPSA) is 71.7 Å². The van der Waals surface area contributed by atoms with Crippen LogP contribution < -0.4 is 21.1 Å². The maximum absolute atomic E-state index is 14.5. The first kappa shape index (κ1) is 15.1. The summed E-state index contributed by atoms with van der Waals surface area (Å²) in [5.41, 5.74) is 7.83. The third kappa shape index (κ3) is 2.56. The molecule has 1 unspecified atom stereocenters. The van der Waals surface area contributed by atoms with Gasteiger partial charge in [-0.15, -0.1) is 0 Å². The number of halogens is 1. The van der Waals surface area contributed by atoms with Gasteiger partial charge in [0.15, 0.2) is 0 Å². The Morgan fingerprint density at radius 1 is 1.17 bits per heavy atom. The van der Waals surface area contributed by atoms with Crippen LogP contribution >= 0.6 is 0 Å². The summed E-state index contributed by atoms with van der Waals surface area (Å²) in [5.74, 6) is 0.771. The van der Waals surface area contributed by atoms with Gasteiger partial charge < -0.3 is 21.1 Å². The molecule has 0 aliphatic carbocycles. The van der Waals surface area contributed by atoms with Gasteiger partial charge in [-0.2, -0.15) is 0 Å². The van der Waals surface area contributed by atoms with E-state index in [1.807, 2.05) is 19.1 Å². The molecule has 0 amide bonds. The highest BCUT2D eigenvalue weighted by atomic mass is 19.1. The molecular formula is C17H19FN4O. The Bertz CT molecular complexity index is 790. The van der Waals surface area contributed by atoms with Gasteiger partial charge in [0.25, 0.3) is 0 Å². The van der Waals surface area contributed by atoms with Crippen LogP contribution in [-0.4, -0.2) is 20.0 Å². The number of fused-ring (bicyclic) bond motifs is 1. The zero-order chi connectivity index (χ0) is 16.6. The van der Waals surface area contributed by atoms with E-state index in [0.29, 0.717) is 22.8 Å². The summed E-state index contributed by atoms with van der Waals surface area (Å²) in [4.78, 5) is 4.28. The first-order chi connectivity index (χ1) is 11.0. The van der Waals surface area contributed by atoms with Gasteiger partial charge in [-0.25, -0.2) is 4.39 Å². The average Bonchev–Trinajstić information content (AvgIpc) is 2.54. The van der Waals surface area contributed by atoms with Crippen LogP contribution in [0.4, 0.5) is 15.8 Å². The molecule has 0 saturated carbocycles. The summed E-state index contributed by atoms with van der Waals surface area (Å²) in [6.07, 6.45) is 0. The number of aliphatic imine (C=N–C) groups is 1. The summed E-state index contributed by atoms with van der Waals surface area (Å²) in [5, 5.41) is 6.59. The Morgan fingerprint density at radius 2 is 1.96 bits per heavy atom. The molecule has 1 heterocycles. The van der Waals surface area contributed by atoms with E-state index in [2.05, 4.69) is 15.6 Å². The summed E-state index contributed by atoms with van der Waals surface area (Å²) >= 11 is 0. The van der Waals surface area contributed by atoms with E-state index in [4.69, 9.17) is 10.5 Å². The Balaban J connectivity index is 2.09. The van der Waals surface area contributed by atoms with E-state index in [-0.39, 0.29) is 5.82 Å². The normalized spacial score (nSPS) is 21.3. The number of benzene rings is 2. The number of nitrogen functional groups attached to an aromatic ring is 1. The lowest BCUT2D eigenvalue weighted by molar-refractivity contribution is 0.406. The van der Waals surface area contributed by atoms with Crippen LogP contribution in [0.25, 0.3) is 0 Å². The van der Waals surface area contributed by atoms with E-state index in [1.54, 1.807) is 25.2 Å². The molecule has 23 heavy (non-hydrogen) atoms. The van der Waals surface area contributed by atoms with Gasteiger partial charge in [-0.3, -0.25) is 4.99 Å². The zero-order valence-electron chi connectivity index (χ0n) is 13.3. The number of ether oxygens (including phenoxy) is 1. The largest absolute Gasteiger partial charge is 0.497 e. The molecule has 0 bridgehead atoms. The van der Waals surface area contributed by atoms with E-state index in [0.717, 1.165) is 11.3 Å². The Kier molecular flexibility index (Phi) is 3.60. The Morgan fingerprint density at radius 3 is 2.61 bits per heavy atom. The second-order valence-corrected chi connectivity index (χ2v) is 5.60. The maximum atomic E-state index is 14.5. The quantitative estimate of drug-likeness (QED) is 0.745. The average molecular weight is 314 g/mol. The Labute approximate surface area is 134 Å². The van der Waals surface area contributed by atoms with Crippen LogP contribution in [0.1, 0.15) is 18.1 Å². The van der Waals surface area contributed by atoms with Gasteiger partial charge in [0.05, 0.1) is 7.11 Å². The van der Waals surface area contributed by atoms with Gasteiger partial charge in [-0.05, 0) is 37.3 Å². The van der Waals surface area contributed by atoms with Crippen molar-refractivity contribution < 1.29 is 9.13 Å². The summed E-state index contributed by atoms with van der Waals surface area (Å²) in [6.45, 7) is 1.86. The van der Waals surface area contributed by atoms with Crippen molar-refractivity contribution in [3.8, 4) is 5.75 Å². The fourth-order valence-corrected chi connectivity index (χ4v) is 2.81. The molecule has 2 aromatic rings. The minimum Gasteiger partial charge on any atom is -0.497 e. The van der Waals surface area contributed by atoms with Crippen molar-refractivity contribution in [2.24, 2.45) is 4.99 Å². The highest BCUT2D eigenvalue weighted by molar-refractivity contribution is 6.06. The lowest BCUT2D eigenvalue weighted by Crippen LogP contribution is -2.53. The van der Waals surface area contributed by atoms with Crippen LogP contribution in [0.5, 0.6) is 5.75 Å². The minimum atomic E-state index is -0.839. The molecule has 0 aromatic heterocycles. The maximum Gasteiger partial charge on any atom is 0.135 e. The lowest BCUT2D eigenvalue weighted by Gasteiger charge is -2.40. The molecule has 6 heteroatoms. The molecule has 2 aromatic carbocycles. The number of hydrogen-bond acceptors (Lipinski definition) is 4. The molecular weight excluding hydrogens is 295 g/mol. The first-order valence-electron chi connectivity index (χ1n) is 7.24. The monoisotopic (exact) mass is 314 g/mol. The zero-order valence-corrected chi connectivity index (χ0v) is 13.3. The third-order valence-corrected chi connectivity index (χ3v) is 3.99. The van der Waals surface area contributed by atoms with Gasteiger partial charge in [-0.1, -0.05) is 0 Å². The summed E-state index contributed by atoms with van der Waals surface area (Å²) in [6, 6.07) is 10.3. The molecule has 5 nitrogen and oxygen atoms in total. The predicted molar refractivity (Wildman–Crippen MR) is 90.4 cm³/mol. The highest BCUT2D eigenvalue weighted by Gasteiger charge is 2.35. The minimum absolute atomic E-state index is 0.360. The number of rotatable bonds is 2. The second-order valence-electron chi connectivity index (χ2n) is 5.60. The molecule has 3 rings (SSSR count). The van der Waals surface area contributed by atoms with E-state index >= 15 is 0 Å². The van der Waals surface area contributed by atoms with Crippen molar-refractivity contribution in [2.45, 2.75) is 12.6 Å². The highest BCUT2D eigenvalue weighted by Crippen LogP contribution is 2.34. The molecule has 1 atom stereocenters. The number of nitrogens with zero attached hydrogens (tertiary/aromatic N) is 1. The number of nitrogens with one attached hydrogen (secondary N) is 2. The van der Waals surface area contributed by atoms with Crippen LogP contribution in [0, 0.1) is 5.82 Å². The Hall–Kier alpha value is -2.76. The molecule has 0 saturated heterocycles. The number of amidine groups is 1. The van der Waals surface area contributed by atoms with Crippen molar-refractivity contribution in [3.63, 3.8) is 0 Å². The fourth-order valence-electron chi connectivity index (χ4n) is 2.81. The fraction of sp³-hybridized carbons (Fsp3) is 0.235. The molecule has 120 valence electrons. The van der Waals surface area contributed by atoms with Crippen LogP contribution in [-0.2, 0) is 5.66 Å². The lowest BCUT2D eigenvalue weighted by atomic mass is 9.95. The smallest absolute Gasteiger partial charge is 0.135 e. The molecule has 0 radical (unpaired) electrons. The molecule has 4 N–H and O–H groups in total. The summed E-state index contributed by atoms with van der Waals surface area (Å²) < 4.78 is 19.6. The molecule has 0 fully saturated rings. The first-order valence-corrected chi connectivity index (χ1v) is 7.24. The molecule has 1 aliphatic rings. The standard InChI is InChI=1S/C17H19FN4O/c1-17(13-6-5-11(23-3)9-14(13)18)21-15-7-4-10(19)8-12(15)16(20-2)22-17/h4-9,21H,19H2,1-3H3,(H,20,22). The number of methoxy groups -OCH3 is 1. The van der Waals surface area contributed by atoms with Crippen LogP contribution in [0.2, 0.25) is 0 Å². The second kappa shape index (κ2) is 5.46. The van der Waals surface area contributed by atoms with E-state index in [9.17, 15) is 4.39 Å². The van der Waals surface area contributed by atoms with Gasteiger partial charge in [0.1, 0.15) is 23.1 Å². The SMILES string of the molecule is CN=C1NC(C)(c2ccc(OC)cc2F)Nc2ccc(N)cc21.